The summed E-state index contributed by atoms with van der Waals surface area (Å²) in [5.41, 5.74) is 1.44. The van der Waals surface area contributed by atoms with E-state index in [-0.39, 0.29) is 11.3 Å². The van der Waals surface area contributed by atoms with Crippen molar-refractivity contribution in [2.45, 2.75) is 0 Å². The molecule has 0 unspecified atom stereocenters. The van der Waals surface area contributed by atoms with Gasteiger partial charge in [-0.05, 0) is 35.9 Å². The molecular weight excluding hydrogens is 264 g/mol. The number of aromatic hydroxyl groups is 1. The molecule has 2 aromatic carbocycles. The minimum absolute atomic E-state index is 0.153. The number of aromatic amines is 1. The summed E-state index contributed by atoms with van der Waals surface area (Å²) in [6.45, 7) is 3.88. The Morgan fingerprint density at radius 3 is 2.38 bits per heavy atom. The lowest BCUT2D eigenvalue weighted by atomic mass is 10.2. The van der Waals surface area contributed by atoms with Crippen LogP contribution in [-0.4, -0.2) is 14.9 Å². The molecule has 4 nitrogen and oxygen atoms in total. The molecule has 21 heavy (non-hydrogen) atoms. The first-order chi connectivity index (χ1) is 10.1. The van der Waals surface area contributed by atoms with Gasteiger partial charge in [-0.3, -0.25) is 9.89 Å². The van der Waals surface area contributed by atoms with Gasteiger partial charge in [-0.25, -0.2) is 4.68 Å². The van der Waals surface area contributed by atoms with Gasteiger partial charge in [-0.1, -0.05) is 36.9 Å². The van der Waals surface area contributed by atoms with Crippen LogP contribution in [0.1, 0.15) is 5.56 Å². The van der Waals surface area contributed by atoms with E-state index in [1.165, 1.54) is 4.68 Å². The average molecular weight is 278 g/mol. The molecule has 1 aromatic heterocycles. The summed E-state index contributed by atoms with van der Waals surface area (Å²) in [5, 5.41) is 13.3. The molecule has 0 aliphatic carbocycles. The zero-order chi connectivity index (χ0) is 14.8. The van der Waals surface area contributed by atoms with Crippen LogP contribution in [0.15, 0.2) is 59.4 Å². The Morgan fingerprint density at radius 1 is 1.05 bits per heavy atom. The number of rotatable bonds is 2. The second kappa shape index (κ2) is 5.17. The number of aromatic nitrogens is 2. The maximum absolute atomic E-state index is 12.5. The van der Waals surface area contributed by atoms with Crippen molar-refractivity contribution in [3.63, 3.8) is 0 Å². The first-order valence-corrected chi connectivity index (χ1v) is 6.51. The largest absolute Gasteiger partial charge is 0.508 e. The van der Waals surface area contributed by atoms with Crippen LogP contribution in [0.5, 0.6) is 5.75 Å². The van der Waals surface area contributed by atoms with Crippen LogP contribution < -0.4 is 16.1 Å². The van der Waals surface area contributed by atoms with Crippen LogP contribution in [0, 0.1) is 0 Å². The van der Waals surface area contributed by atoms with E-state index in [2.05, 4.69) is 11.7 Å². The maximum atomic E-state index is 12.5. The Morgan fingerprint density at radius 2 is 1.71 bits per heavy atom. The van der Waals surface area contributed by atoms with Gasteiger partial charge in [-0.15, -0.1) is 0 Å². The lowest BCUT2D eigenvalue weighted by Gasteiger charge is -1.98. The number of para-hydroxylation sites is 1. The Bertz CT molecular complexity index is 920. The van der Waals surface area contributed by atoms with Crippen LogP contribution in [0.25, 0.3) is 18.3 Å². The smallest absolute Gasteiger partial charge is 0.279 e. The monoisotopic (exact) mass is 278 g/mol. The summed E-state index contributed by atoms with van der Waals surface area (Å²) >= 11 is 0. The number of phenolic OH excluding ortho intramolecular Hbond substituents is 1. The molecule has 0 aliphatic heterocycles. The summed E-state index contributed by atoms with van der Waals surface area (Å²) in [6, 6.07) is 16.0. The number of H-pyrrole nitrogens is 1. The van der Waals surface area contributed by atoms with E-state index in [0.717, 1.165) is 11.3 Å². The summed E-state index contributed by atoms with van der Waals surface area (Å²) in [7, 11) is 0. The van der Waals surface area contributed by atoms with E-state index in [4.69, 9.17) is 0 Å². The molecule has 4 heteroatoms. The molecule has 0 radical (unpaired) electrons. The third kappa shape index (κ3) is 2.51. The SMILES string of the molecule is C=c1[nH]n(-c2ccccc2)c(=O)/c1=C\c1ccc(O)cc1. The van der Waals surface area contributed by atoms with E-state index in [1.54, 1.807) is 30.3 Å². The Kier molecular flexibility index (Phi) is 3.20. The predicted molar refractivity (Wildman–Crippen MR) is 82.8 cm³/mol. The van der Waals surface area contributed by atoms with Crippen molar-refractivity contribution < 1.29 is 5.11 Å². The number of hydrogen-bond acceptors (Lipinski definition) is 2. The average Bonchev–Trinajstić information content (AvgIpc) is 2.78. The van der Waals surface area contributed by atoms with E-state index in [1.807, 2.05) is 30.3 Å². The van der Waals surface area contributed by atoms with Gasteiger partial charge in [0.25, 0.3) is 5.56 Å². The molecule has 0 spiro atoms. The van der Waals surface area contributed by atoms with Crippen molar-refractivity contribution in [1.82, 2.24) is 9.78 Å². The van der Waals surface area contributed by atoms with Gasteiger partial charge < -0.3 is 5.11 Å². The normalized spacial score (nSPS) is 11.7. The third-order valence-electron chi connectivity index (χ3n) is 3.22. The van der Waals surface area contributed by atoms with Gasteiger partial charge in [0.05, 0.1) is 16.3 Å². The highest BCUT2D eigenvalue weighted by molar-refractivity contribution is 5.50. The molecule has 2 N–H and O–H groups in total. The molecular formula is C17H14N2O2. The van der Waals surface area contributed by atoms with Gasteiger partial charge >= 0.3 is 0 Å². The van der Waals surface area contributed by atoms with Crippen molar-refractivity contribution >= 4 is 12.7 Å². The Balaban J connectivity index is 2.17. The van der Waals surface area contributed by atoms with Crippen LogP contribution in [-0.2, 0) is 0 Å². The zero-order valence-corrected chi connectivity index (χ0v) is 11.3. The van der Waals surface area contributed by atoms with Gasteiger partial charge in [0.1, 0.15) is 5.75 Å². The Labute approximate surface area is 120 Å². The molecule has 104 valence electrons. The molecule has 0 aliphatic rings. The highest BCUT2D eigenvalue weighted by atomic mass is 16.3. The predicted octanol–water partition coefficient (Wildman–Crippen LogP) is 1.11. The van der Waals surface area contributed by atoms with E-state index in [9.17, 15) is 9.90 Å². The lowest BCUT2D eigenvalue weighted by molar-refractivity contribution is 0.475. The van der Waals surface area contributed by atoms with Gasteiger partial charge in [0.2, 0.25) is 0 Å². The topological polar surface area (TPSA) is 58.0 Å². The van der Waals surface area contributed by atoms with Crippen LogP contribution in [0.3, 0.4) is 0 Å². The zero-order valence-electron chi connectivity index (χ0n) is 11.3. The van der Waals surface area contributed by atoms with E-state index in [0.29, 0.717) is 10.6 Å². The summed E-state index contributed by atoms with van der Waals surface area (Å²) in [4.78, 5) is 12.5. The van der Waals surface area contributed by atoms with Crippen molar-refractivity contribution in [3.8, 4) is 11.4 Å². The Hall–Kier alpha value is -3.01. The molecule has 0 bridgehead atoms. The second-order valence-electron chi connectivity index (χ2n) is 4.72. The van der Waals surface area contributed by atoms with Crippen molar-refractivity contribution in [3.05, 3.63) is 81.1 Å². The standard InChI is InChI=1S/C17H14N2O2/c1-12-16(11-13-7-9-15(20)10-8-13)17(21)19(18-12)14-5-3-2-4-6-14/h2-11,18,20H,1H2/b16-11-. The van der Waals surface area contributed by atoms with Gasteiger partial charge in [0.15, 0.2) is 0 Å². The molecule has 3 aromatic rings. The molecule has 0 fully saturated rings. The molecule has 0 atom stereocenters. The minimum atomic E-state index is -0.153. The number of phenols is 1. The van der Waals surface area contributed by atoms with Crippen LogP contribution in [0.2, 0.25) is 0 Å². The maximum Gasteiger partial charge on any atom is 0.279 e. The first kappa shape index (κ1) is 13.0. The fourth-order valence-corrected chi connectivity index (χ4v) is 2.14. The fraction of sp³-hybridized carbons (Fsp3) is 0. The number of nitrogens with one attached hydrogen (secondary N) is 1. The molecule has 0 saturated carbocycles. The number of nitrogens with zero attached hydrogens (tertiary/aromatic N) is 1. The summed E-state index contributed by atoms with van der Waals surface area (Å²) in [6.07, 6.45) is 1.75. The summed E-state index contributed by atoms with van der Waals surface area (Å²) in [5.74, 6) is 0.192. The van der Waals surface area contributed by atoms with Crippen molar-refractivity contribution in [2.24, 2.45) is 0 Å². The molecule has 0 amide bonds. The highest BCUT2D eigenvalue weighted by Gasteiger charge is 2.03. The third-order valence-corrected chi connectivity index (χ3v) is 3.22. The van der Waals surface area contributed by atoms with Crippen molar-refractivity contribution in [1.29, 1.82) is 0 Å². The number of hydrogen-bond donors (Lipinski definition) is 2. The fourth-order valence-electron chi connectivity index (χ4n) is 2.14. The van der Waals surface area contributed by atoms with Crippen LogP contribution in [0.4, 0.5) is 0 Å². The highest BCUT2D eigenvalue weighted by Crippen LogP contribution is 2.09. The second-order valence-corrected chi connectivity index (χ2v) is 4.72. The van der Waals surface area contributed by atoms with E-state index >= 15 is 0 Å². The lowest BCUT2D eigenvalue weighted by Crippen LogP contribution is -2.33. The first-order valence-electron chi connectivity index (χ1n) is 6.51. The number of benzene rings is 2. The van der Waals surface area contributed by atoms with Crippen molar-refractivity contribution in [2.75, 3.05) is 0 Å². The van der Waals surface area contributed by atoms with Gasteiger partial charge in [-0.2, -0.15) is 0 Å². The summed E-state index contributed by atoms with van der Waals surface area (Å²) < 4.78 is 1.47. The molecule has 1 heterocycles. The van der Waals surface area contributed by atoms with Crippen LogP contribution >= 0.6 is 0 Å². The molecule has 3 rings (SSSR count). The molecule has 0 saturated heterocycles. The minimum Gasteiger partial charge on any atom is -0.508 e. The van der Waals surface area contributed by atoms with E-state index < -0.39 is 0 Å². The van der Waals surface area contributed by atoms with Gasteiger partial charge in [0, 0.05) is 0 Å². The quantitative estimate of drug-likeness (QED) is 0.738.